The van der Waals surface area contributed by atoms with E-state index in [1.165, 1.54) is 38.5 Å². The predicted molar refractivity (Wildman–Crippen MR) is 97.4 cm³/mol. The van der Waals surface area contributed by atoms with Crippen molar-refractivity contribution in [1.29, 1.82) is 0 Å². The molecule has 3 rings (SSSR count). The fourth-order valence-electron chi connectivity index (χ4n) is 4.09. The normalized spacial score (nSPS) is 19.2. The van der Waals surface area contributed by atoms with Crippen molar-refractivity contribution in [2.45, 2.75) is 76.3 Å². The van der Waals surface area contributed by atoms with E-state index >= 15 is 0 Å². The fraction of sp³-hybridized carbons (Fsp3) is 0.632. The lowest BCUT2D eigenvalue weighted by molar-refractivity contribution is 0.106. The van der Waals surface area contributed by atoms with Gasteiger partial charge in [0.1, 0.15) is 5.82 Å². The molecule has 0 spiro atoms. The second kappa shape index (κ2) is 8.83. The van der Waals surface area contributed by atoms with Crippen LogP contribution in [0.4, 0.5) is 15.4 Å². The standard InChI is InChI=1S/C19H28N4O2/c24-18(21-17-13-7-8-14-20-17)22-19(25)23(15-9-3-1-4-10-15)16-11-5-2-6-12-16/h7-8,13-16H,1-6,9-12H2,(H2,20,21,22,24,25). The number of hydrogen-bond donors (Lipinski definition) is 2. The maximum absolute atomic E-state index is 12.9. The van der Waals surface area contributed by atoms with E-state index in [0.717, 1.165) is 25.7 Å². The third kappa shape index (κ3) is 4.94. The lowest BCUT2D eigenvalue weighted by atomic mass is 9.89. The first-order valence-corrected chi connectivity index (χ1v) is 9.55. The quantitative estimate of drug-likeness (QED) is 0.859. The van der Waals surface area contributed by atoms with Gasteiger partial charge in [-0.2, -0.15) is 0 Å². The van der Waals surface area contributed by atoms with E-state index < -0.39 is 6.03 Å². The van der Waals surface area contributed by atoms with Crippen LogP contribution in [0.1, 0.15) is 64.2 Å². The monoisotopic (exact) mass is 344 g/mol. The van der Waals surface area contributed by atoms with Crippen molar-refractivity contribution in [3.63, 3.8) is 0 Å². The molecule has 25 heavy (non-hydrogen) atoms. The molecule has 2 saturated carbocycles. The van der Waals surface area contributed by atoms with Crippen molar-refractivity contribution in [3.8, 4) is 0 Å². The number of carbonyl (C=O) groups is 2. The summed E-state index contributed by atoms with van der Waals surface area (Å²) in [6.07, 6.45) is 13.0. The average Bonchev–Trinajstić information content (AvgIpc) is 2.64. The molecule has 0 aliphatic heterocycles. The fourth-order valence-corrected chi connectivity index (χ4v) is 4.09. The highest BCUT2D eigenvalue weighted by molar-refractivity contribution is 6.00. The number of nitrogens with one attached hydrogen (secondary N) is 2. The smallest absolute Gasteiger partial charge is 0.318 e. The maximum atomic E-state index is 12.9. The van der Waals surface area contributed by atoms with E-state index in [4.69, 9.17) is 0 Å². The summed E-state index contributed by atoms with van der Waals surface area (Å²) in [5, 5.41) is 5.14. The summed E-state index contributed by atoms with van der Waals surface area (Å²) in [6, 6.07) is 5.03. The molecule has 2 N–H and O–H groups in total. The molecule has 0 saturated heterocycles. The van der Waals surface area contributed by atoms with Crippen molar-refractivity contribution in [2.24, 2.45) is 0 Å². The Labute approximate surface area is 149 Å². The Balaban J connectivity index is 1.64. The van der Waals surface area contributed by atoms with Crippen molar-refractivity contribution in [3.05, 3.63) is 24.4 Å². The van der Waals surface area contributed by atoms with Gasteiger partial charge in [0.15, 0.2) is 0 Å². The van der Waals surface area contributed by atoms with Crippen LogP contribution >= 0.6 is 0 Å². The first-order chi connectivity index (χ1) is 12.2. The topological polar surface area (TPSA) is 74.3 Å². The minimum absolute atomic E-state index is 0.257. The van der Waals surface area contributed by atoms with Crippen LogP contribution in [0.3, 0.4) is 0 Å². The molecule has 6 nitrogen and oxygen atoms in total. The lowest BCUT2D eigenvalue weighted by Gasteiger charge is -2.41. The van der Waals surface area contributed by atoms with E-state index in [9.17, 15) is 9.59 Å². The molecule has 2 fully saturated rings. The number of rotatable bonds is 3. The third-order valence-corrected chi connectivity index (χ3v) is 5.30. The van der Waals surface area contributed by atoms with Gasteiger partial charge in [-0.25, -0.2) is 14.6 Å². The molecule has 0 bridgehead atoms. The summed E-state index contributed by atoms with van der Waals surface area (Å²) in [4.78, 5) is 31.1. The van der Waals surface area contributed by atoms with Crippen LogP contribution < -0.4 is 10.6 Å². The zero-order valence-corrected chi connectivity index (χ0v) is 14.7. The SMILES string of the molecule is O=C(NC(=O)N(C1CCCCC1)C1CCCCC1)Nc1ccccn1. The van der Waals surface area contributed by atoms with E-state index in [1.807, 2.05) is 4.90 Å². The van der Waals surface area contributed by atoms with Crippen LogP contribution in [-0.4, -0.2) is 34.0 Å². The largest absolute Gasteiger partial charge is 0.328 e. The molecule has 0 atom stereocenters. The van der Waals surface area contributed by atoms with Gasteiger partial charge in [0.05, 0.1) is 0 Å². The van der Waals surface area contributed by atoms with Crippen LogP contribution in [-0.2, 0) is 0 Å². The zero-order chi connectivity index (χ0) is 17.5. The van der Waals surface area contributed by atoms with Gasteiger partial charge >= 0.3 is 12.1 Å². The van der Waals surface area contributed by atoms with Crippen molar-refractivity contribution in [2.75, 3.05) is 5.32 Å². The molecule has 2 aliphatic carbocycles. The number of imide groups is 1. The zero-order valence-electron chi connectivity index (χ0n) is 14.7. The molecule has 0 radical (unpaired) electrons. The van der Waals surface area contributed by atoms with Gasteiger partial charge in [0.2, 0.25) is 0 Å². The molecular formula is C19H28N4O2. The number of aromatic nitrogens is 1. The molecule has 136 valence electrons. The number of amides is 4. The van der Waals surface area contributed by atoms with Gasteiger partial charge < -0.3 is 4.90 Å². The Morgan fingerprint density at radius 1 is 0.920 bits per heavy atom. The highest BCUT2D eigenvalue weighted by Gasteiger charge is 2.33. The second-order valence-electron chi connectivity index (χ2n) is 7.09. The van der Waals surface area contributed by atoms with Gasteiger partial charge in [-0.05, 0) is 37.8 Å². The summed E-state index contributed by atoms with van der Waals surface area (Å²) < 4.78 is 0. The number of urea groups is 2. The van der Waals surface area contributed by atoms with Crippen LogP contribution in [0, 0.1) is 0 Å². The Morgan fingerprint density at radius 2 is 1.52 bits per heavy atom. The van der Waals surface area contributed by atoms with Crippen LogP contribution in [0.15, 0.2) is 24.4 Å². The molecule has 1 heterocycles. The number of nitrogens with zero attached hydrogens (tertiary/aromatic N) is 2. The number of pyridine rings is 1. The average molecular weight is 344 g/mol. The lowest BCUT2D eigenvalue weighted by Crippen LogP contribution is -2.54. The Kier molecular flexibility index (Phi) is 6.25. The van der Waals surface area contributed by atoms with Crippen molar-refractivity contribution < 1.29 is 9.59 Å². The van der Waals surface area contributed by atoms with Crippen molar-refractivity contribution in [1.82, 2.24) is 15.2 Å². The van der Waals surface area contributed by atoms with Crippen LogP contribution in [0.2, 0.25) is 0 Å². The minimum atomic E-state index is -0.514. The molecule has 2 aliphatic rings. The first-order valence-electron chi connectivity index (χ1n) is 9.55. The summed E-state index contributed by atoms with van der Waals surface area (Å²) in [5.74, 6) is 0.440. The van der Waals surface area contributed by atoms with Gasteiger partial charge in [-0.1, -0.05) is 44.6 Å². The van der Waals surface area contributed by atoms with E-state index in [1.54, 1.807) is 24.4 Å². The molecule has 0 unspecified atom stereocenters. The minimum Gasteiger partial charge on any atom is -0.318 e. The molecule has 6 heteroatoms. The predicted octanol–water partition coefficient (Wildman–Crippen LogP) is 4.29. The van der Waals surface area contributed by atoms with Gasteiger partial charge in [0, 0.05) is 18.3 Å². The highest BCUT2D eigenvalue weighted by atomic mass is 16.2. The van der Waals surface area contributed by atoms with Gasteiger partial charge in [-0.15, -0.1) is 0 Å². The number of hydrogen-bond acceptors (Lipinski definition) is 3. The molecule has 0 aromatic carbocycles. The Morgan fingerprint density at radius 3 is 2.04 bits per heavy atom. The maximum Gasteiger partial charge on any atom is 0.328 e. The molecule has 4 amide bonds. The van der Waals surface area contributed by atoms with Crippen LogP contribution in [0.25, 0.3) is 0 Å². The summed E-state index contributed by atoms with van der Waals surface area (Å²) in [6.45, 7) is 0. The van der Waals surface area contributed by atoms with Crippen LogP contribution in [0.5, 0.6) is 0 Å². The van der Waals surface area contributed by atoms with Gasteiger partial charge in [-0.3, -0.25) is 10.6 Å². The second-order valence-corrected chi connectivity index (χ2v) is 7.09. The summed E-state index contributed by atoms with van der Waals surface area (Å²) >= 11 is 0. The Bertz CT molecular complexity index is 548. The summed E-state index contributed by atoms with van der Waals surface area (Å²) in [7, 11) is 0. The van der Waals surface area contributed by atoms with E-state index in [2.05, 4.69) is 15.6 Å². The molecule has 1 aromatic heterocycles. The molecular weight excluding hydrogens is 316 g/mol. The third-order valence-electron chi connectivity index (χ3n) is 5.30. The highest BCUT2D eigenvalue weighted by Crippen LogP contribution is 2.30. The first kappa shape index (κ1) is 17.7. The van der Waals surface area contributed by atoms with Crippen molar-refractivity contribution >= 4 is 17.9 Å². The number of anilines is 1. The van der Waals surface area contributed by atoms with E-state index in [0.29, 0.717) is 5.82 Å². The van der Waals surface area contributed by atoms with E-state index in [-0.39, 0.29) is 18.1 Å². The summed E-state index contributed by atoms with van der Waals surface area (Å²) in [5.41, 5.74) is 0. The van der Waals surface area contributed by atoms with Gasteiger partial charge in [0.25, 0.3) is 0 Å². The Hall–Kier alpha value is -2.11. The number of carbonyl (C=O) groups excluding carboxylic acids is 2. The molecule has 1 aromatic rings.